The summed E-state index contributed by atoms with van der Waals surface area (Å²) in [6.07, 6.45) is 0.975. The van der Waals surface area contributed by atoms with Gasteiger partial charge in [0.2, 0.25) is 0 Å². The van der Waals surface area contributed by atoms with Gasteiger partial charge >= 0.3 is 0 Å². The zero-order valence-corrected chi connectivity index (χ0v) is 13.9. The van der Waals surface area contributed by atoms with Crippen LogP contribution in [0.5, 0.6) is 0 Å². The number of hydrogen-bond donors (Lipinski definition) is 2. The van der Waals surface area contributed by atoms with Crippen molar-refractivity contribution < 1.29 is 0 Å². The van der Waals surface area contributed by atoms with Crippen molar-refractivity contribution in [1.82, 2.24) is 0 Å². The number of hydrogen-bond acceptors (Lipinski definition) is 2. The third kappa shape index (κ3) is 3.19. The average Bonchev–Trinajstić information content (AvgIpc) is 2.42. The van der Waals surface area contributed by atoms with Gasteiger partial charge in [-0.1, -0.05) is 53.3 Å². The molecule has 0 radical (unpaired) electrons. The third-order valence-electron chi connectivity index (χ3n) is 3.25. The van der Waals surface area contributed by atoms with Crippen LogP contribution < -0.4 is 11.1 Å². The minimum Gasteiger partial charge on any atom is -0.389 e. The van der Waals surface area contributed by atoms with E-state index in [2.05, 4.69) is 53.3 Å². The van der Waals surface area contributed by atoms with Crippen molar-refractivity contribution >= 4 is 44.5 Å². The van der Waals surface area contributed by atoms with E-state index in [-0.39, 0.29) is 0 Å². The van der Waals surface area contributed by atoms with Gasteiger partial charge in [-0.05, 0) is 42.7 Å². The maximum absolute atomic E-state index is 5.82. The molecule has 0 aliphatic rings. The Morgan fingerprint density at radius 1 is 1.30 bits per heavy atom. The van der Waals surface area contributed by atoms with Crippen LogP contribution in [-0.2, 0) is 6.42 Å². The molecule has 3 N–H and O–H groups in total. The molecule has 0 aromatic heterocycles. The molecule has 0 spiro atoms. The van der Waals surface area contributed by atoms with Crippen molar-refractivity contribution in [2.45, 2.75) is 20.3 Å². The number of para-hydroxylation sites is 1. The summed E-state index contributed by atoms with van der Waals surface area (Å²) in [6.45, 7) is 4.25. The standard InChI is InChI=1S/C16H17BrN2S/c1-3-11-6-4-5-10(2)15(11)19-14-8-7-12(17)9-13(14)16(18)20/h4-9,19H,3H2,1-2H3,(H2,18,20). The molecule has 0 aliphatic carbocycles. The van der Waals surface area contributed by atoms with Crippen molar-refractivity contribution in [2.24, 2.45) is 5.73 Å². The molecule has 0 amide bonds. The predicted molar refractivity (Wildman–Crippen MR) is 93.9 cm³/mol. The van der Waals surface area contributed by atoms with E-state index in [1.54, 1.807) is 0 Å². The average molecular weight is 349 g/mol. The minimum atomic E-state index is 0.389. The molecule has 0 saturated heterocycles. The monoisotopic (exact) mass is 348 g/mol. The fraction of sp³-hybridized carbons (Fsp3) is 0.188. The molecule has 4 heteroatoms. The minimum absolute atomic E-state index is 0.389. The van der Waals surface area contributed by atoms with Crippen LogP contribution >= 0.6 is 28.1 Å². The third-order valence-corrected chi connectivity index (χ3v) is 3.96. The molecule has 2 nitrogen and oxygen atoms in total. The number of aryl methyl sites for hydroxylation is 2. The number of benzene rings is 2. The summed E-state index contributed by atoms with van der Waals surface area (Å²) < 4.78 is 0.964. The Balaban J connectivity index is 2.48. The first-order valence-electron chi connectivity index (χ1n) is 6.47. The van der Waals surface area contributed by atoms with Crippen molar-refractivity contribution in [3.05, 3.63) is 57.6 Å². The Morgan fingerprint density at radius 2 is 2.05 bits per heavy atom. The van der Waals surface area contributed by atoms with E-state index in [0.29, 0.717) is 4.99 Å². The van der Waals surface area contributed by atoms with Crippen molar-refractivity contribution in [3.63, 3.8) is 0 Å². The molecule has 0 saturated carbocycles. The lowest BCUT2D eigenvalue weighted by atomic mass is 10.0. The molecule has 2 aromatic rings. The van der Waals surface area contributed by atoms with Crippen LogP contribution in [-0.4, -0.2) is 4.99 Å². The molecular formula is C16H17BrN2S. The lowest BCUT2D eigenvalue weighted by Gasteiger charge is -2.16. The quantitative estimate of drug-likeness (QED) is 0.786. The number of nitrogens with one attached hydrogen (secondary N) is 1. The van der Waals surface area contributed by atoms with Gasteiger partial charge in [0.1, 0.15) is 4.99 Å². The van der Waals surface area contributed by atoms with Gasteiger partial charge in [-0.3, -0.25) is 0 Å². The number of nitrogens with two attached hydrogens (primary N) is 1. The van der Waals surface area contributed by atoms with Crippen LogP contribution in [0, 0.1) is 6.92 Å². The number of anilines is 2. The fourth-order valence-electron chi connectivity index (χ4n) is 2.17. The Kier molecular flexibility index (Phi) is 4.78. The highest BCUT2D eigenvalue weighted by molar-refractivity contribution is 9.10. The van der Waals surface area contributed by atoms with E-state index in [1.807, 2.05) is 18.2 Å². The van der Waals surface area contributed by atoms with Crippen LogP contribution in [0.4, 0.5) is 11.4 Å². The topological polar surface area (TPSA) is 38.0 Å². The lowest BCUT2D eigenvalue weighted by Crippen LogP contribution is -2.12. The molecule has 0 unspecified atom stereocenters. The van der Waals surface area contributed by atoms with E-state index in [0.717, 1.165) is 27.8 Å². The summed E-state index contributed by atoms with van der Waals surface area (Å²) in [5.41, 5.74) is 11.2. The first-order chi connectivity index (χ1) is 9.52. The molecule has 0 fully saturated rings. The predicted octanol–water partition coefficient (Wildman–Crippen LogP) is 4.70. The van der Waals surface area contributed by atoms with E-state index < -0.39 is 0 Å². The van der Waals surface area contributed by atoms with Crippen LogP contribution in [0.3, 0.4) is 0 Å². The van der Waals surface area contributed by atoms with E-state index in [1.165, 1.54) is 11.1 Å². The van der Waals surface area contributed by atoms with Gasteiger partial charge in [-0.15, -0.1) is 0 Å². The number of rotatable bonds is 4. The summed E-state index contributed by atoms with van der Waals surface area (Å²) in [4.78, 5) is 0.389. The van der Waals surface area contributed by atoms with E-state index in [4.69, 9.17) is 18.0 Å². The second-order valence-electron chi connectivity index (χ2n) is 4.64. The molecule has 0 aliphatic heterocycles. The maximum Gasteiger partial charge on any atom is 0.106 e. The normalized spacial score (nSPS) is 10.3. The summed E-state index contributed by atoms with van der Waals surface area (Å²) in [7, 11) is 0. The first-order valence-corrected chi connectivity index (χ1v) is 7.68. The van der Waals surface area contributed by atoms with Crippen molar-refractivity contribution in [1.29, 1.82) is 0 Å². The summed E-state index contributed by atoms with van der Waals surface area (Å²) in [6, 6.07) is 12.2. The molecule has 2 aromatic carbocycles. The molecule has 0 heterocycles. The van der Waals surface area contributed by atoms with Gasteiger partial charge in [0.05, 0.1) is 0 Å². The van der Waals surface area contributed by atoms with Gasteiger partial charge in [-0.2, -0.15) is 0 Å². The van der Waals surface area contributed by atoms with E-state index in [9.17, 15) is 0 Å². The summed E-state index contributed by atoms with van der Waals surface area (Å²) in [5, 5.41) is 3.48. The largest absolute Gasteiger partial charge is 0.389 e. The Bertz CT molecular complexity index is 653. The zero-order valence-electron chi connectivity index (χ0n) is 11.5. The molecule has 0 atom stereocenters. The SMILES string of the molecule is CCc1cccc(C)c1Nc1ccc(Br)cc1C(N)=S. The van der Waals surface area contributed by atoms with Gasteiger partial charge in [0.25, 0.3) is 0 Å². The fourth-order valence-corrected chi connectivity index (χ4v) is 2.70. The smallest absolute Gasteiger partial charge is 0.106 e. The molecule has 20 heavy (non-hydrogen) atoms. The Hall–Kier alpha value is -1.39. The van der Waals surface area contributed by atoms with Gasteiger partial charge in [0, 0.05) is 21.4 Å². The van der Waals surface area contributed by atoms with Crippen LogP contribution in [0.2, 0.25) is 0 Å². The molecule has 104 valence electrons. The van der Waals surface area contributed by atoms with Gasteiger partial charge in [0.15, 0.2) is 0 Å². The van der Waals surface area contributed by atoms with Crippen LogP contribution in [0.1, 0.15) is 23.6 Å². The first kappa shape index (κ1) is 15.0. The van der Waals surface area contributed by atoms with Gasteiger partial charge < -0.3 is 11.1 Å². The highest BCUT2D eigenvalue weighted by Crippen LogP contribution is 2.29. The molecule has 2 rings (SSSR count). The molecule has 0 bridgehead atoms. The van der Waals surface area contributed by atoms with Gasteiger partial charge in [-0.25, -0.2) is 0 Å². The van der Waals surface area contributed by atoms with Crippen LogP contribution in [0.25, 0.3) is 0 Å². The summed E-state index contributed by atoms with van der Waals surface area (Å²) in [5.74, 6) is 0. The highest BCUT2D eigenvalue weighted by Gasteiger charge is 2.10. The zero-order chi connectivity index (χ0) is 14.7. The van der Waals surface area contributed by atoms with E-state index >= 15 is 0 Å². The second-order valence-corrected chi connectivity index (χ2v) is 6.00. The highest BCUT2D eigenvalue weighted by atomic mass is 79.9. The Labute approximate surface area is 133 Å². The second kappa shape index (κ2) is 6.37. The lowest BCUT2D eigenvalue weighted by molar-refractivity contribution is 1.13. The number of halogens is 1. The molecular weight excluding hydrogens is 332 g/mol. The van der Waals surface area contributed by atoms with Crippen molar-refractivity contribution in [2.75, 3.05) is 5.32 Å². The summed E-state index contributed by atoms with van der Waals surface area (Å²) >= 11 is 8.59. The van der Waals surface area contributed by atoms with Crippen molar-refractivity contribution in [3.8, 4) is 0 Å². The van der Waals surface area contributed by atoms with Crippen LogP contribution in [0.15, 0.2) is 40.9 Å². The maximum atomic E-state index is 5.82. The Morgan fingerprint density at radius 3 is 2.70 bits per heavy atom. The number of thiocarbonyl (C=S) groups is 1.